The summed E-state index contributed by atoms with van der Waals surface area (Å²) < 4.78 is 6.02. The van der Waals surface area contributed by atoms with Gasteiger partial charge >= 0.3 is 0 Å². The second kappa shape index (κ2) is 9.80. The van der Waals surface area contributed by atoms with Gasteiger partial charge in [-0.15, -0.1) is 0 Å². The molecule has 0 spiro atoms. The number of hydrogen-bond acceptors (Lipinski definition) is 5. The summed E-state index contributed by atoms with van der Waals surface area (Å²) in [5, 5.41) is 6.82. The molecule has 1 aromatic carbocycles. The molecule has 11 heteroatoms. The van der Waals surface area contributed by atoms with Crippen LogP contribution < -0.4 is 21.1 Å². The SMILES string of the molecule is NC(=O)[C@H](C[C@@H]1CCNC1=O)NC(=O)[C@@H]1[C@H]2CCC[C@H]2CN1C(=O)c1cc2c(OC3CC3)cc(Cl)cc2[nH]1. The molecule has 2 aromatic rings. The van der Waals surface area contributed by atoms with Crippen LogP contribution in [0.15, 0.2) is 18.2 Å². The number of fused-ring (bicyclic) bond motifs is 2. The van der Waals surface area contributed by atoms with Gasteiger partial charge in [0.05, 0.1) is 11.6 Å². The molecule has 4 amide bonds. The summed E-state index contributed by atoms with van der Waals surface area (Å²) in [6.45, 7) is 1.01. The molecule has 2 aliphatic carbocycles. The van der Waals surface area contributed by atoms with Crippen LogP contribution >= 0.6 is 11.6 Å². The number of H-pyrrole nitrogens is 1. The van der Waals surface area contributed by atoms with Crippen LogP contribution in [0.4, 0.5) is 0 Å². The zero-order valence-corrected chi connectivity index (χ0v) is 21.8. The molecule has 1 aromatic heterocycles. The van der Waals surface area contributed by atoms with Gasteiger partial charge in [0.2, 0.25) is 17.7 Å². The van der Waals surface area contributed by atoms with Gasteiger partial charge in [-0.05, 0) is 68.6 Å². The average Bonchev–Trinajstić information content (AvgIpc) is 3.21. The summed E-state index contributed by atoms with van der Waals surface area (Å²) in [5.41, 5.74) is 6.67. The van der Waals surface area contributed by atoms with Crippen LogP contribution in [0, 0.1) is 17.8 Å². The van der Waals surface area contributed by atoms with Gasteiger partial charge in [0, 0.05) is 29.4 Å². The van der Waals surface area contributed by atoms with Gasteiger partial charge in [0.1, 0.15) is 23.5 Å². The topological polar surface area (TPSA) is 147 Å². The lowest BCUT2D eigenvalue weighted by molar-refractivity contribution is -0.131. The van der Waals surface area contributed by atoms with Crippen LogP contribution in [-0.4, -0.2) is 64.8 Å². The number of nitrogens with zero attached hydrogens (tertiary/aromatic N) is 1. The molecule has 6 rings (SSSR count). The van der Waals surface area contributed by atoms with E-state index in [4.69, 9.17) is 22.1 Å². The van der Waals surface area contributed by atoms with Crippen molar-refractivity contribution >= 4 is 46.1 Å². The minimum Gasteiger partial charge on any atom is -0.490 e. The highest BCUT2D eigenvalue weighted by Crippen LogP contribution is 2.43. The molecule has 2 aliphatic heterocycles. The number of ether oxygens (including phenoxy) is 1. The molecular formula is C27H32ClN5O5. The molecule has 4 aliphatic rings. The Labute approximate surface area is 224 Å². The molecular weight excluding hydrogens is 510 g/mol. The number of hydrogen-bond donors (Lipinski definition) is 4. The highest BCUT2D eigenvalue weighted by molar-refractivity contribution is 6.31. The van der Waals surface area contributed by atoms with E-state index in [0.29, 0.717) is 41.5 Å². The standard InChI is InChI=1S/C27H32ClN5O5/c28-15-9-19-18(22(10-15)38-16-4-5-16)11-21(31-19)27(37)33-12-14-2-1-3-17(14)23(33)26(36)32-20(24(29)34)8-13-6-7-30-25(13)35/h9-11,13-14,16-17,20,23,31H,1-8,12H2,(H2,29,34)(H,30,35)(H,32,36)/t13-,14-,17-,20-,23-/m0/s1. The second-order valence-electron chi connectivity index (χ2n) is 11.1. The predicted octanol–water partition coefficient (Wildman–Crippen LogP) is 2.10. The van der Waals surface area contributed by atoms with E-state index in [1.54, 1.807) is 23.1 Å². The number of amides is 4. The van der Waals surface area contributed by atoms with Gasteiger partial charge in [0.25, 0.3) is 5.91 Å². The number of likely N-dealkylation sites (tertiary alicyclic amines) is 1. The van der Waals surface area contributed by atoms with Crippen molar-refractivity contribution in [1.29, 1.82) is 0 Å². The van der Waals surface area contributed by atoms with Crippen molar-refractivity contribution in [3.8, 4) is 5.75 Å². The van der Waals surface area contributed by atoms with Crippen molar-refractivity contribution in [1.82, 2.24) is 20.5 Å². The van der Waals surface area contributed by atoms with Crippen molar-refractivity contribution < 1.29 is 23.9 Å². The average molecular weight is 542 g/mol. The van der Waals surface area contributed by atoms with E-state index in [1.807, 2.05) is 0 Å². The van der Waals surface area contributed by atoms with E-state index in [1.165, 1.54) is 0 Å². The summed E-state index contributed by atoms with van der Waals surface area (Å²) >= 11 is 6.31. The molecule has 3 heterocycles. The van der Waals surface area contributed by atoms with Crippen LogP contribution in [0.3, 0.4) is 0 Å². The number of rotatable bonds is 8. The second-order valence-corrected chi connectivity index (χ2v) is 11.5. The number of aromatic amines is 1. The van der Waals surface area contributed by atoms with Crippen LogP contribution in [0.2, 0.25) is 5.02 Å². The fourth-order valence-electron chi connectivity index (χ4n) is 6.41. The van der Waals surface area contributed by atoms with Crippen molar-refractivity contribution in [2.75, 3.05) is 13.1 Å². The normalized spacial score (nSPS) is 27.3. The number of nitrogens with two attached hydrogens (primary N) is 1. The van der Waals surface area contributed by atoms with Gasteiger partial charge in [0.15, 0.2) is 0 Å². The van der Waals surface area contributed by atoms with Crippen molar-refractivity contribution in [3.05, 3.63) is 28.9 Å². The maximum absolute atomic E-state index is 13.8. The Balaban J connectivity index is 1.25. The summed E-state index contributed by atoms with van der Waals surface area (Å²) in [5.74, 6) is -1.01. The molecule has 2 saturated heterocycles. The van der Waals surface area contributed by atoms with Gasteiger partial charge in [-0.2, -0.15) is 0 Å². The molecule has 4 fully saturated rings. The first-order valence-electron chi connectivity index (χ1n) is 13.5. The van der Waals surface area contributed by atoms with E-state index in [9.17, 15) is 19.2 Å². The van der Waals surface area contributed by atoms with E-state index >= 15 is 0 Å². The molecule has 5 atom stereocenters. The van der Waals surface area contributed by atoms with Crippen LogP contribution in [-0.2, 0) is 14.4 Å². The lowest BCUT2D eigenvalue weighted by Gasteiger charge is -2.28. The van der Waals surface area contributed by atoms with Crippen LogP contribution in [0.5, 0.6) is 5.75 Å². The van der Waals surface area contributed by atoms with Crippen LogP contribution in [0.1, 0.15) is 55.4 Å². The maximum atomic E-state index is 13.8. The van der Waals surface area contributed by atoms with E-state index < -0.39 is 23.9 Å². The number of benzene rings is 1. The quantitative estimate of drug-likeness (QED) is 0.404. The zero-order chi connectivity index (χ0) is 26.6. The highest BCUT2D eigenvalue weighted by Gasteiger charge is 2.50. The summed E-state index contributed by atoms with van der Waals surface area (Å²) in [6.07, 6.45) is 5.68. The molecule has 38 heavy (non-hydrogen) atoms. The Hall–Kier alpha value is -3.27. The number of carbonyl (C=O) groups is 4. The lowest BCUT2D eigenvalue weighted by Crippen LogP contribution is -2.54. The van der Waals surface area contributed by atoms with E-state index in [2.05, 4.69) is 15.6 Å². The smallest absolute Gasteiger partial charge is 0.271 e. The summed E-state index contributed by atoms with van der Waals surface area (Å²) in [4.78, 5) is 56.5. The molecule has 5 N–H and O–H groups in total. The fourth-order valence-corrected chi connectivity index (χ4v) is 6.62. The van der Waals surface area contributed by atoms with Crippen molar-refractivity contribution in [2.24, 2.45) is 23.5 Å². The Bertz CT molecular complexity index is 1310. The molecule has 0 radical (unpaired) electrons. The third-order valence-electron chi connectivity index (χ3n) is 8.48. The van der Waals surface area contributed by atoms with Crippen LogP contribution in [0.25, 0.3) is 10.9 Å². The van der Waals surface area contributed by atoms with Gasteiger partial charge in [-0.3, -0.25) is 19.2 Å². The Morgan fingerprint density at radius 1 is 1.16 bits per heavy atom. The number of nitrogens with one attached hydrogen (secondary N) is 3. The minimum atomic E-state index is -0.980. The van der Waals surface area contributed by atoms with Crippen molar-refractivity contribution in [3.63, 3.8) is 0 Å². The van der Waals surface area contributed by atoms with E-state index in [0.717, 1.165) is 37.5 Å². The third-order valence-corrected chi connectivity index (χ3v) is 8.69. The maximum Gasteiger partial charge on any atom is 0.271 e. The fraction of sp³-hybridized carbons (Fsp3) is 0.556. The first-order valence-corrected chi connectivity index (χ1v) is 13.8. The number of carbonyl (C=O) groups excluding carboxylic acids is 4. The molecule has 202 valence electrons. The summed E-state index contributed by atoms with van der Waals surface area (Å²) in [7, 11) is 0. The van der Waals surface area contributed by atoms with Crippen molar-refractivity contribution in [2.45, 2.75) is 63.1 Å². The molecule has 0 bridgehead atoms. The zero-order valence-electron chi connectivity index (χ0n) is 21.0. The largest absolute Gasteiger partial charge is 0.490 e. The van der Waals surface area contributed by atoms with Gasteiger partial charge in [-0.25, -0.2) is 0 Å². The molecule has 0 unspecified atom stereocenters. The predicted molar refractivity (Wildman–Crippen MR) is 139 cm³/mol. The third kappa shape index (κ3) is 4.70. The molecule has 10 nitrogen and oxygen atoms in total. The Kier molecular flexibility index (Phi) is 6.45. The first-order chi connectivity index (χ1) is 18.3. The first kappa shape index (κ1) is 25.0. The summed E-state index contributed by atoms with van der Waals surface area (Å²) in [6, 6.07) is 3.58. The number of halogens is 1. The molecule has 2 saturated carbocycles. The Morgan fingerprint density at radius 2 is 1.97 bits per heavy atom. The van der Waals surface area contributed by atoms with Gasteiger partial charge < -0.3 is 31.0 Å². The highest BCUT2D eigenvalue weighted by atomic mass is 35.5. The van der Waals surface area contributed by atoms with E-state index in [-0.39, 0.29) is 42.1 Å². The monoisotopic (exact) mass is 541 g/mol. The number of aromatic nitrogens is 1. The Morgan fingerprint density at radius 3 is 2.68 bits per heavy atom. The van der Waals surface area contributed by atoms with Gasteiger partial charge in [-0.1, -0.05) is 18.0 Å². The lowest BCUT2D eigenvalue weighted by atomic mass is 9.92. The minimum absolute atomic E-state index is 0.00911. The number of primary amides is 1.